The number of hydrogen-bond donors (Lipinski definition) is 1. The van der Waals surface area contributed by atoms with Crippen LogP contribution in [0.3, 0.4) is 0 Å². The largest absolute Gasteiger partial charge is 0.481 e. The second-order valence-electron chi connectivity index (χ2n) is 4.02. The maximum Gasteiger partial charge on any atom is 0.331 e. The molecule has 0 aromatic carbocycles. The average Bonchev–Trinajstić information content (AvgIpc) is 2.39. The van der Waals surface area contributed by atoms with E-state index < -0.39 is 4.92 Å². The van der Waals surface area contributed by atoms with Gasteiger partial charge < -0.3 is 14.8 Å². The fourth-order valence-corrected chi connectivity index (χ4v) is 1.83. The monoisotopic (exact) mass is 253 g/mol. The van der Waals surface area contributed by atoms with E-state index in [-0.39, 0.29) is 17.7 Å². The first-order valence-electron chi connectivity index (χ1n) is 5.77. The van der Waals surface area contributed by atoms with Crippen molar-refractivity contribution in [1.82, 2.24) is 10.3 Å². The van der Waals surface area contributed by atoms with Gasteiger partial charge in [0.2, 0.25) is 5.88 Å². The third kappa shape index (κ3) is 2.86. The van der Waals surface area contributed by atoms with E-state index in [0.717, 1.165) is 19.4 Å². The molecule has 2 rings (SSSR count). The third-order valence-corrected chi connectivity index (χ3v) is 2.75. The standard InChI is InChI=1S/C11H15N3O4/c1-17-10-5-4-9(14(15)16)11(13-10)18-8-3-2-6-12-7-8/h4-5,8,12H,2-3,6-7H2,1H3. The molecule has 1 atom stereocenters. The topological polar surface area (TPSA) is 86.5 Å². The molecule has 1 aliphatic heterocycles. The molecule has 0 bridgehead atoms. The molecular weight excluding hydrogens is 238 g/mol. The Bertz CT molecular complexity index is 432. The number of piperidine rings is 1. The average molecular weight is 253 g/mol. The van der Waals surface area contributed by atoms with E-state index in [9.17, 15) is 10.1 Å². The van der Waals surface area contributed by atoms with Crippen LogP contribution in [0, 0.1) is 10.1 Å². The number of nitrogens with zero attached hydrogens (tertiary/aromatic N) is 2. The second kappa shape index (κ2) is 5.63. The summed E-state index contributed by atoms with van der Waals surface area (Å²) in [5, 5.41) is 14.1. The van der Waals surface area contributed by atoms with Crippen LogP contribution in [-0.2, 0) is 0 Å². The number of hydrogen-bond acceptors (Lipinski definition) is 6. The Morgan fingerprint density at radius 3 is 3.00 bits per heavy atom. The molecule has 7 nitrogen and oxygen atoms in total. The normalized spacial score (nSPS) is 19.3. The zero-order valence-corrected chi connectivity index (χ0v) is 10.1. The predicted octanol–water partition coefficient (Wildman–Crippen LogP) is 1.13. The predicted molar refractivity (Wildman–Crippen MR) is 64.0 cm³/mol. The van der Waals surface area contributed by atoms with Crippen molar-refractivity contribution in [3.8, 4) is 11.8 Å². The maximum absolute atomic E-state index is 10.9. The number of nitrogens with one attached hydrogen (secondary N) is 1. The Balaban J connectivity index is 2.19. The van der Waals surface area contributed by atoms with Crippen molar-refractivity contribution >= 4 is 5.69 Å². The molecule has 1 aromatic heterocycles. The molecule has 1 aromatic rings. The summed E-state index contributed by atoms with van der Waals surface area (Å²) in [6.07, 6.45) is 1.77. The van der Waals surface area contributed by atoms with E-state index in [0.29, 0.717) is 12.4 Å². The van der Waals surface area contributed by atoms with Gasteiger partial charge >= 0.3 is 5.69 Å². The fourth-order valence-electron chi connectivity index (χ4n) is 1.83. The lowest BCUT2D eigenvalue weighted by Gasteiger charge is -2.23. The molecule has 18 heavy (non-hydrogen) atoms. The second-order valence-corrected chi connectivity index (χ2v) is 4.02. The minimum Gasteiger partial charge on any atom is -0.481 e. The molecule has 2 heterocycles. The highest BCUT2D eigenvalue weighted by Gasteiger charge is 2.23. The molecule has 0 spiro atoms. The van der Waals surface area contributed by atoms with E-state index in [1.165, 1.54) is 19.2 Å². The molecule has 7 heteroatoms. The van der Waals surface area contributed by atoms with Gasteiger partial charge in [-0.05, 0) is 19.4 Å². The Morgan fingerprint density at radius 1 is 1.56 bits per heavy atom. The highest BCUT2D eigenvalue weighted by Crippen LogP contribution is 2.28. The van der Waals surface area contributed by atoms with Crippen LogP contribution in [0.15, 0.2) is 12.1 Å². The van der Waals surface area contributed by atoms with Crippen molar-refractivity contribution in [1.29, 1.82) is 0 Å². The molecule has 1 saturated heterocycles. The van der Waals surface area contributed by atoms with Crippen LogP contribution < -0.4 is 14.8 Å². The molecule has 1 unspecified atom stereocenters. The number of methoxy groups -OCH3 is 1. The van der Waals surface area contributed by atoms with Crippen LogP contribution in [-0.4, -0.2) is 36.2 Å². The van der Waals surface area contributed by atoms with Crippen molar-refractivity contribution < 1.29 is 14.4 Å². The Morgan fingerprint density at radius 2 is 2.39 bits per heavy atom. The molecular formula is C11H15N3O4. The lowest BCUT2D eigenvalue weighted by molar-refractivity contribution is -0.386. The maximum atomic E-state index is 10.9. The van der Waals surface area contributed by atoms with Crippen LogP contribution >= 0.6 is 0 Å². The number of nitro groups is 1. The van der Waals surface area contributed by atoms with Crippen LogP contribution in [0.25, 0.3) is 0 Å². The highest BCUT2D eigenvalue weighted by molar-refractivity contribution is 5.43. The quantitative estimate of drug-likeness (QED) is 0.639. The molecule has 1 fully saturated rings. The van der Waals surface area contributed by atoms with E-state index in [1.807, 2.05) is 0 Å². The summed E-state index contributed by atoms with van der Waals surface area (Å²) in [6.45, 7) is 1.63. The fraction of sp³-hybridized carbons (Fsp3) is 0.545. The van der Waals surface area contributed by atoms with Crippen molar-refractivity contribution in [2.75, 3.05) is 20.2 Å². The molecule has 98 valence electrons. The molecule has 0 aliphatic carbocycles. The van der Waals surface area contributed by atoms with Crippen molar-refractivity contribution in [3.63, 3.8) is 0 Å². The first kappa shape index (κ1) is 12.6. The Labute approximate surface area is 104 Å². The Kier molecular flexibility index (Phi) is 3.93. The van der Waals surface area contributed by atoms with Gasteiger partial charge in [-0.2, -0.15) is 4.98 Å². The van der Waals surface area contributed by atoms with Crippen LogP contribution in [0.4, 0.5) is 5.69 Å². The van der Waals surface area contributed by atoms with Crippen LogP contribution in [0.2, 0.25) is 0 Å². The van der Waals surface area contributed by atoms with Crippen LogP contribution in [0.5, 0.6) is 11.8 Å². The molecule has 0 radical (unpaired) electrons. The van der Waals surface area contributed by atoms with Crippen molar-refractivity contribution in [2.45, 2.75) is 18.9 Å². The smallest absolute Gasteiger partial charge is 0.331 e. The summed E-state index contributed by atoms with van der Waals surface area (Å²) in [6, 6.07) is 2.79. The highest BCUT2D eigenvalue weighted by atomic mass is 16.6. The number of pyridine rings is 1. The summed E-state index contributed by atoms with van der Waals surface area (Å²) in [7, 11) is 1.46. The van der Waals surface area contributed by atoms with Gasteiger partial charge in [0.25, 0.3) is 5.88 Å². The number of aromatic nitrogens is 1. The third-order valence-electron chi connectivity index (χ3n) is 2.75. The van der Waals surface area contributed by atoms with Gasteiger partial charge in [0.1, 0.15) is 6.10 Å². The number of rotatable bonds is 4. The molecule has 0 amide bonds. The summed E-state index contributed by atoms with van der Waals surface area (Å²) < 4.78 is 10.5. The zero-order chi connectivity index (χ0) is 13.0. The van der Waals surface area contributed by atoms with Gasteiger partial charge in [-0.3, -0.25) is 10.1 Å². The van der Waals surface area contributed by atoms with Gasteiger partial charge in [-0.1, -0.05) is 0 Å². The summed E-state index contributed by atoms with van der Waals surface area (Å²) in [5.74, 6) is 0.326. The summed E-state index contributed by atoms with van der Waals surface area (Å²) >= 11 is 0. The molecule has 1 N–H and O–H groups in total. The van der Waals surface area contributed by atoms with E-state index in [4.69, 9.17) is 9.47 Å². The van der Waals surface area contributed by atoms with E-state index >= 15 is 0 Å². The van der Waals surface area contributed by atoms with Gasteiger partial charge in [0.15, 0.2) is 0 Å². The van der Waals surface area contributed by atoms with Gasteiger partial charge in [0.05, 0.1) is 12.0 Å². The van der Waals surface area contributed by atoms with Crippen molar-refractivity contribution in [2.24, 2.45) is 0 Å². The van der Waals surface area contributed by atoms with E-state index in [1.54, 1.807) is 0 Å². The molecule has 1 aliphatic rings. The first-order chi connectivity index (χ1) is 8.70. The van der Waals surface area contributed by atoms with Crippen molar-refractivity contribution in [3.05, 3.63) is 22.2 Å². The van der Waals surface area contributed by atoms with Gasteiger partial charge in [-0.25, -0.2) is 0 Å². The number of ether oxygens (including phenoxy) is 2. The summed E-state index contributed by atoms with van der Waals surface area (Å²) in [4.78, 5) is 14.4. The summed E-state index contributed by atoms with van der Waals surface area (Å²) in [5.41, 5.74) is -0.138. The van der Waals surface area contributed by atoms with Gasteiger partial charge in [0, 0.05) is 18.7 Å². The van der Waals surface area contributed by atoms with E-state index in [2.05, 4.69) is 10.3 Å². The lowest BCUT2D eigenvalue weighted by atomic mass is 10.1. The van der Waals surface area contributed by atoms with Gasteiger partial charge in [-0.15, -0.1) is 0 Å². The minimum atomic E-state index is -0.502. The zero-order valence-electron chi connectivity index (χ0n) is 10.1. The first-order valence-corrected chi connectivity index (χ1v) is 5.77. The molecule has 0 saturated carbocycles. The van der Waals surface area contributed by atoms with Crippen LogP contribution in [0.1, 0.15) is 12.8 Å². The SMILES string of the molecule is COc1ccc([N+](=O)[O-])c(OC2CCCNC2)n1. The lowest BCUT2D eigenvalue weighted by Crippen LogP contribution is -2.37. The Hall–Kier alpha value is -1.89. The minimum absolute atomic E-state index is 0.0213.